The molecule has 3 atom stereocenters. The van der Waals surface area contributed by atoms with Crippen molar-refractivity contribution in [2.24, 2.45) is 10.7 Å². The van der Waals surface area contributed by atoms with Crippen molar-refractivity contribution in [1.82, 2.24) is 5.32 Å². The molecule has 0 spiro atoms. The molecule has 0 radical (unpaired) electrons. The van der Waals surface area contributed by atoms with E-state index in [2.05, 4.69) is 10.3 Å². The first kappa shape index (κ1) is 13.7. The van der Waals surface area contributed by atoms with Crippen molar-refractivity contribution in [3.63, 3.8) is 0 Å². The number of benzene rings is 1. The average Bonchev–Trinajstić information content (AvgIpc) is 2.66. The van der Waals surface area contributed by atoms with E-state index in [9.17, 15) is 0 Å². The lowest BCUT2D eigenvalue weighted by molar-refractivity contribution is 0.179. The van der Waals surface area contributed by atoms with Gasteiger partial charge in [-0.3, -0.25) is 0 Å². The topological polar surface area (TPSA) is 68.9 Å². The van der Waals surface area contributed by atoms with Gasteiger partial charge in [-0.25, -0.2) is 4.99 Å². The molecule has 5 nitrogen and oxygen atoms in total. The lowest BCUT2D eigenvalue weighted by atomic mass is 10.1. The monoisotopic (exact) mass is 263 g/mol. The van der Waals surface area contributed by atoms with Gasteiger partial charge in [0.15, 0.2) is 5.96 Å². The third kappa shape index (κ3) is 3.17. The van der Waals surface area contributed by atoms with E-state index in [1.165, 1.54) is 0 Å². The summed E-state index contributed by atoms with van der Waals surface area (Å²) in [6.07, 6.45) is -0.00418. The van der Waals surface area contributed by atoms with E-state index in [-0.39, 0.29) is 18.2 Å². The second kappa shape index (κ2) is 5.93. The normalized spacial score (nSPS) is 23.6. The Bertz CT molecular complexity index is 462. The van der Waals surface area contributed by atoms with Crippen LogP contribution in [0.5, 0.6) is 5.75 Å². The summed E-state index contributed by atoms with van der Waals surface area (Å²) in [5.74, 6) is 1.31. The van der Waals surface area contributed by atoms with Gasteiger partial charge in [0, 0.05) is 18.7 Å². The van der Waals surface area contributed by atoms with Gasteiger partial charge in [-0.05, 0) is 19.9 Å². The van der Waals surface area contributed by atoms with Crippen molar-refractivity contribution in [2.45, 2.75) is 32.0 Å². The van der Waals surface area contributed by atoms with Crippen molar-refractivity contribution < 1.29 is 9.47 Å². The molecule has 0 saturated heterocycles. The van der Waals surface area contributed by atoms with E-state index in [1.54, 1.807) is 7.11 Å². The van der Waals surface area contributed by atoms with E-state index >= 15 is 0 Å². The minimum absolute atomic E-state index is 0.00418. The number of hydrogen-bond donors (Lipinski definition) is 2. The Morgan fingerprint density at radius 2 is 2.26 bits per heavy atom. The molecule has 0 aliphatic carbocycles. The van der Waals surface area contributed by atoms with Gasteiger partial charge in [0.25, 0.3) is 0 Å². The molecular weight excluding hydrogens is 242 g/mol. The van der Waals surface area contributed by atoms with Crippen molar-refractivity contribution in [3.8, 4) is 5.75 Å². The SMILES string of the molecule is COCC(C)NC(N)=NC1c2ccccc2OC1C. The van der Waals surface area contributed by atoms with Crippen LogP contribution in [-0.2, 0) is 4.74 Å². The number of aliphatic imine (C=N–C) groups is 1. The smallest absolute Gasteiger partial charge is 0.189 e. The molecule has 1 heterocycles. The molecule has 1 aromatic rings. The molecule has 0 bridgehead atoms. The Hall–Kier alpha value is -1.75. The minimum atomic E-state index is -0.0570. The number of nitrogens with two attached hydrogens (primary N) is 1. The number of fused-ring (bicyclic) bond motifs is 1. The van der Waals surface area contributed by atoms with Crippen molar-refractivity contribution in [2.75, 3.05) is 13.7 Å². The number of guanidine groups is 1. The van der Waals surface area contributed by atoms with E-state index in [4.69, 9.17) is 15.2 Å². The van der Waals surface area contributed by atoms with Gasteiger partial charge >= 0.3 is 0 Å². The van der Waals surface area contributed by atoms with E-state index in [0.29, 0.717) is 12.6 Å². The summed E-state index contributed by atoms with van der Waals surface area (Å²) < 4.78 is 10.8. The molecule has 3 unspecified atom stereocenters. The molecule has 0 aromatic heterocycles. The first-order valence-corrected chi connectivity index (χ1v) is 6.46. The minimum Gasteiger partial charge on any atom is -0.488 e. The summed E-state index contributed by atoms with van der Waals surface area (Å²) in [5, 5.41) is 3.11. The number of para-hydroxylation sites is 1. The largest absolute Gasteiger partial charge is 0.488 e. The van der Waals surface area contributed by atoms with Gasteiger partial charge < -0.3 is 20.5 Å². The molecule has 104 valence electrons. The zero-order chi connectivity index (χ0) is 13.8. The zero-order valence-corrected chi connectivity index (χ0v) is 11.6. The molecule has 0 amide bonds. The van der Waals surface area contributed by atoms with E-state index in [1.807, 2.05) is 38.1 Å². The number of methoxy groups -OCH3 is 1. The molecule has 1 aromatic carbocycles. The van der Waals surface area contributed by atoms with Crippen LogP contribution in [0.3, 0.4) is 0 Å². The standard InChI is InChI=1S/C14H21N3O2/c1-9(8-18-3)16-14(15)17-13-10(2)19-12-7-5-4-6-11(12)13/h4-7,9-10,13H,8H2,1-3H3,(H3,15,16,17). The van der Waals surface area contributed by atoms with Crippen LogP contribution in [0.1, 0.15) is 25.5 Å². The van der Waals surface area contributed by atoms with Crippen LogP contribution in [0.2, 0.25) is 0 Å². The summed E-state index contributed by atoms with van der Waals surface area (Å²) in [5.41, 5.74) is 7.01. The molecule has 3 N–H and O–H groups in total. The first-order chi connectivity index (χ1) is 9.11. The third-order valence-electron chi connectivity index (χ3n) is 3.08. The number of rotatable bonds is 4. The summed E-state index contributed by atoms with van der Waals surface area (Å²) in [7, 11) is 1.66. The fourth-order valence-corrected chi connectivity index (χ4v) is 2.26. The Balaban J connectivity index is 2.09. The molecule has 2 rings (SSSR count). The van der Waals surface area contributed by atoms with Gasteiger partial charge in [-0.2, -0.15) is 0 Å². The Labute approximate surface area is 113 Å². The highest BCUT2D eigenvalue weighted by Crippen LogP contribution is 2.38. The number of nitrogens with one attached hydrogen (secondary N) is 1. The van der Waals surface area contributed by atoms with Crippen molar-refractivity contribution >= 4 is 5.96 Å². The van der Waals surface area contributed by atoms with Gasteiger partial charge in [-0.15, -0.1) is 0 Å². The highest BCUT2D eigenvalue weighted by atomic mass is 16.5. The van der Waals surface area contributed by atoms with E-state index in [0.717, 1.165) is 11.3 Å². The lowest BCUT2D eigenvalue weighted by Crippen LogP contribution is -2.41. The molecular formula is C14H21N3O2. The van der Waals surface area contributed by atoms with Crippen LogP contribution < -0.4 is 15.8 Å². The predicted molar refractivity (Wildman–Crippen MR) is 75.4 cm³/mol. The highest BCUT2D eigenvalue weighted by molar-refractivity contribution is 5.78. The molecule has 1 aliphatic rings. The quantitative estimate of drug-likeness (QED) is 0.637. The molecule has 1 aliphatic heterocycles. The number of hydrogen-bond acceptors (Lipinski definition) is 3. The maximum atomic E-state index is 5.93. The Morgan fingerprint density at radius 3 is 3.00 bits per heavy atom. The van der Waals surface area contributed by atoms with Crippen molar-refractivity contribution in [3.05, 3.63) is 29.8 Å². The summed E-state index contributed by atoms with van der Waals surface area (Å²) in [6, 6.07) is 8.00. The van der Waals surface area contributed by atoms with Gasteiger partial charge in [0.1, 0.15) is 17.9 Å². The van der Waals surface area contributed by atoms with Crippen LogP contribution in [0.25, 0.3) is 0 Å². The Kier molecular flexibility index (Phi) is 4.27. The average molecular weight is 263 g/mol. The Morgan fingerprint density at radius 1 is 1.53 bits per heavy atom. The van der Waals surface area contributed by atoms with Gasteiger partial charge in [0.2, 0.25) is 0 Å². The molecule has 0 fully saturated rings. The fourth-order valence-electron chi connectivity index (χ4n) is 2.26. The van der Waals surface area contributed by atoms with Gasteiger partial charge in [-0.1, -0.05) is 18.2 Å². The van der Waals surface area contributed by atoms with Crippen LogP contribution >= 0.6 is 0 Å². The second-order valence-electron chi connectivity index (χ2n) is 4.82. The maximum absolute atomic E-state index is 5.93. The fraction of sp³-hybridized carbons (Fsp3) is 0.500. The summed E-state index contributed by atoms with van der Waals surface area (Å²) in [4.78, 5) is 4.52. The maximum Gasteiger partial charge on any atom is 0.189 e. The van der Waals surface area contributed by atoms with Gasteiger partial charge in [0.05, 0.1) is 6.61 Å². The summed E-state index contributed by atoms with van der Waals surface area (Å²) >= 11 is 0. The van der Waals surface area contributed by atoms with Crippen LogP contribution in [-0.4, -0.2) is 31.8 Å². The summed E-state index contributed by atoms with van der Waals surface area (Å²) in [6.45, 7) is 4.58. The van der Waals surface area contributed by atoms with Crippen molar-refractivity contribution in [1.29, 1.82) is 0 Å². The van der Waals surface area contributed by atoms with E-state index < -0.39 is 0 Å². The van der Waals surface area contributed by atoms with Crippen LogP contribution in [0.15, 0.2) is 29.3 Å². The highest BCUT2D eigenvalue weighted by Gasteiger charge is 2.30. The third-order valence-corrected chi connectivity index (χ3v) is 3.08. The molecule has 5 heteroatoms. The first-order valence-electron chi connectivity index (χ1n) is 6.46. The molecule has 0 saturated carbocycles. The van der Waals surface area contributed by atoms with Crippen LogP contribution in [0, 0.1) is 0 Å². The number of nitrogens with zero attached hydrogens (tertiary/aromatic N) is 1. The zero-order valence-electron chi connectivity index (χ0n) is 11.6. The lowest BCUT2D eigenvalue weighted by Gasteiger charge is -2.16. The second-order valence-corrected chi connectivity index (χ2v) is 4.82. The molecule has 19 heavy (non-hydrogen) atoms. The van der Waals surface area contributed by atoms with Crippen LogP contribution in [0.4, 0.5) is 0 Å². The predicted octanol–water partition coefficient (Wildman–Crippen LogP) is 1.45. The number of ether oxygens (including phenoxy) is 2.